The standard InChI is InChI=1S/C15H19NO3/c1-8(2)16-10(4)13(14(17)15(18)19)11-7-9(3)5-6-12(11)16/h5-8,14,17H,1-4H3,(H,18,19). The molecule has 4 heteroatoms. The average molecular weight is 261 g/mol. The summed E-state index contributed by atoms with van der Waals surface area (Å²) < 4.78 is 2.07. The van der Waals surface area contributed by atoms with Crippen LogP contribution < -0.4 is 0 Å². The van der Waals surface area contributed by atoms with Crippen LogP contribution in [0.1, 0.15) is 42.8 Å². The number of hydrogen-bond acceptors (Lipinski definition) is 2. The van der Waals surface area contributed by atoms with Gasteiger partial charge in [-0.25, -0.2) is 4.79 Å². The van der Waals surface area contributed by atoms with E-state index in [1.54, 1.807) is 0 Å². The normalized spacial score (nSPS) is 13.2. The van der Waals surface area contributed by atoms with Crippen LogP contribution in [0.15, 0.2) is 18.2 Å². The molecular formula is C15H19NO3. The second-order valence-corrected chi connectivity index (χ2v) is 5.22. The zero-order chi connectivity index (χ0) is 14.3. The molecule has 1 atom stereocenters. The van der Waals surface area contributed by atoms with E-state index < -0.39 is 12.1 Å². The van der Waals surface area contributed by atoms with Crippen molar-refractivity contribution < 1.29 is 15.0 Å². The maximum Gasteiger partial charge on any atom is 0.337 e. The topological polar surface area (TPSA) is 62.5 Å². The van der Waals surface area contributed by atoms with E-state index in [1.807, 2.05) is 45.9 Å². The van der Waals surface area contributed by atoms with Gasteiger partial charge in [-0.3, -0.25) is 0 Å². The Labute approximate surface area is 112 Å². The van der Waals surface area contributed by atoms with Gasteiger partial charge in [0.1, 0.15) is 0 Å². The molecule has 0 fully saturated rings. The van der Waals surface area contributed by atoms with Gasteiger partial charge in [0.05, 0.1) is 0 Å². The summed E-state index contributed by atoms with van der Waals surface area (Å²) in [6.07, 6.45) is -1.48. The van der Waals surface area contributed by atoms with E-state index >= 15 is 0 Å². The van der Waals surface area contributed by atoms with E-state index in [0.717, 1.165) is 22.2 Å². The summed E-state index contributed by atoms with van der Waals surface area (Å²) in [5.41, 5.74) is 3.33. The zero-order valence-corrected chi connectivity index (χ0v) is 11.6. The Morgan fingerprint density at radius 3 is 2.42 bits per heavy atom. The molecule has 2 rings (SSSR count). The Morgan fingerprint density at radius 1 is 1.26 bits per heavy atom. The van der Waals surface area contributed by atoms with Crippen LogP contribution in [0, 0.1) is 13.8 Å². The van der Waals surface area contributed by atoms with Crippen molar-refractivity contribution in [3.05, 3.63) is 35.0 Å². The van der Waals surface area contributed by atoms with Crippen molar-refractivity contribution in [1.82, 2.24) is 4.57 Å². The van der Waals surface area contributed by atoms with E-state index in [-0.39, 0.29) is 6.04 Å². The maximum atomic E-state index is 11.1. The maximum absolute atomic E-state index is 11.1. The summed E-state index contributed by atoms with van der Waals surface area (Å²) in [7, 11) is 0. The fourth-order valence-corrected chi connectivity index (χ4v) is 2.72. The lowest BCUT2D eigenvalue weighted by molar-refractivity contribution is -0.146. The van der Waals surface area contributed by atoms with Crippen LogP contribution in [-0.2, 0) is 4.79 Å². The molecule has 0 aliphatic carbocycles. The highest BCUT2D eigenvalue weighted by Crippen LogP contribution is 2.33. The highest BCUT2D eigenvalue weighted by atomic mass is 16.4. The summed E-state index contributed by atoms with van der Waals surface area (Å²) in [6.45, 7) is 7.90. The van der Waals surface area contributed by atoms with Crippen LogP contribution >= 0.6 is 0 Å². The predicted octanol–water partition coefficient (Wildman–Crippen LogP) is 2.96. The van der Waals surface area contributed by atoms with Crippen LogP contribution in [0.3, 0.4) is 0 Å². The SMILES string of the molecule is Cc1ccc2c(c1)c(C(O)C(=O)O)c(C)n2C(C)C. The minimum absolute atomic E-state index is 0.208. The monoisotopic (exact) mass is 261 g/mol. The Hall–Kier alpha value is -1.81. The number of rotatable bonds is 3. The fourth-order valence-electron chi connectivity index (χ4n) is 2.72. The number of carboxylic acid groups (broad SMARTS) is 1. The van der Waals surface area contributed by atoms with Crippen LogP contribution in [0.2, 0.25) is 0 Å². The van der Waals surface area contributed by atoms with E-state index in [9.17, 15) is 9.90 Å². The largest absolute Gasteiger partial charge is 0.479 e. The van der Waals surface area contributed by atoms with Crippen LogP contribution in [0.5, 0.6) is 0 Å². The zero-order valence-electron chi connectivity index (χ0n) is 11.6. The molecule has 1 heterocycles. The van der Waals surface area contributed by atoms with E-state index in [2.05, 4.69) is 4.57 Å². The molecular weight excluding hydrogens is 242 g/mol. The molecule has 102 valence electrons. The lowest BCUT2D eigenvalue weighted by Crippen LogP contribution is -2.12. The van der Waals surface area contributed by atoms with Crippen molar-refractivity contribution >= 4 is 16.9 Å². The number of hydrogen-bond donors (Lipinski definition) is 2. The molecule has 1 aromatic carbocycles. The average Bonchev–Trinajstić information content (AvgIpc) is 2.59. The molecule has 1 unspecified atom stereocenters. The van der Waals surface area contributed by atoms with Crippen molar-refractivity contribution in [3.63, 3.8) is 0 Å². The summed E-state index contributed by atoms with van der Waals surface area (Å²) in [6, 6.07) is 6.12. The molecule has 0 radical (unpaired) electrons. The second-order valence-electron chi connectivity index (χ2n) is 5.22. The molecule has 0 spiro atoms. The Balaban J connectivity index is 2.85. The van der Waals surface area contributed by atoms with Gasteiger partial charge in [0, 0.05) is 28.2 Å². The van der Waals surface area contributed by atoms with E-state index in [1.165, 1.54) is 0 Å². The van der Waals surface area contributed by atoms with Crippen LogP contribution in [0.25, 0.3) is 10.9 Å². The number of aryl methyl sites for hydroxylation is 1. The number of aliphatic hydroxyl groups excluding tert-OH is 1. The van der Waals surface area contributed by atoms with Gasteiger partial charge < -0.3 is 14.8 Å². The van der Waals surface area contributed by atoms with Crippen LogP contribution in [0.4, 0.5) is 0 Å². The van der Waals surface area contributed by atoms with Gasteiger partial charge in [0.25, 0.3) is 0 Å². The van der Waals surface area contributed by atoms with Crippen LogP contribution in [-0.4, -0.2) is 20.7 Å². The minimum atomic E-state index is -1.48. The smallest absolute Gasteiger partial charge is 0.337 e. The molecule has 1 aromatic heterocycles. The highest BCUT2D eigenvalue weighted by molar-refractivity contribution is 5.91. The summed E-state index contributed by atoms with van der Waals surface area (Å²) in [5, 5.41) is 19.8. The molecule has 0 saturated heterocycles. The predicted molar refractivity (Wildman–Crippen MR) is 74.4 cm³/mol. The lowest BCUT2D eigenvalue weighted by atomic mass is 10.0. The number of aliphatic carboxylic acids is 1. The van der Waals surface area contributed by atoms with Crippen molar-refractivity contribution in [2.45, 2.75) is 39.8 Å². The summed E-state index contributed by atoms with van der Waals surface area (Å²) in [4.78, 5) is 11.1. The lowest BCUT2D eigenvalue weighted by Gasteiger charge is -2.13. The van der Waals surface area contributed by atoms with Gasteiger partial charge in [-0.05, 0) is 39.8 Å². The first-order valence-electron chi connectivity index (χ1n) is 6.36. The third kappa shape index (κ3) is 2.12. The molecule has 2 aromatic rings. The summed E-state index contributed by atoms with van der Waals surface area (Å²) in [5.74, 6) is -1.22. The first kappa shape index (κ1) is 13.6. The number of benzene rings is 1. The molecule has 0 aliphatic rings. The first-order valence-corrected chi connectivity index (χ1v) is 6.36. The number of carbonyl (C=O) groups is 1. The number of fused-ring (bicyclic) bond motifs is 1. The fraction of sp³-hybridized carbons (Fsp3) is 0.400. The quantitative estimate of drug-likeness (QED) is 0.893. The van der Waals surface area contributed by atoms with Gasteiger partial charge in [0.2, 0.25) is 0 Å². The second kappa shape index (κ2) is 4.70. The van der Waals surface area contributed by atoms with Crippen molar-refractivity contribution in [1.29, 1.82) is 0 Å². The number of nitrogens with zero attached hydrogens (tertiary/aromatic N) is 1. The van der Waals surface area contributed by atoms with Gasteiger partial charge >= 0.3 is 5.97 Å². The van der Waals surface area contributed by atoms with Crippen molar-refractivity contribution in [3.8, 4) is 0 Å². The molecule has 4 nitrogen and oxygen atoms in total. The van der Waals surface area contributed by atoms with E-state index in [0.29, 0.717) is 5.56 Å². The Kier molecular flexibility index (Phi) is 3.37. The molecule has 19 heavy (non-hydrogen) atoms. The third-order valence-corrected chi connectivity index (χ3v) is 3.48. The van der Waals surface area contributed by atoms with Crippen molar-refractivity contribution in [2.75, 3.05) is 0 Å². The van der Waals surface area contributed by atoms with E-state index in [4.69, 9.17) is 5.11 Å². The molecule has 0 saturated carbocycles. The molecule has 0 aliphatic heterocycles. The Morgan fingerprint density at radius 2 is 1.89 bits per heavy atom. The van der Waals surface area contributed by atoms with Crippen molar-refractivity contribution in [2.24, 2.45) is 0 Å². The molecule has 0 amide bonds. The third-order valence-electron chi connectivity index (χ3n) is 3.48. The number of aromatic nitrogens is 1. The first-order chi connectivity index (χ1) is 8.84. The van der Waals surface area contributed by atoms with Gasteiger partial charge in [-0.2, -0.15) is 0 Å². The number of aliphatic hydroxyl groups is 1. The minimum Gasteiger partial charge on any atom is -0.479 e. The van der Waals surface area contributed by atoms with Gasteiger partial charge in [0.15, 0.2) is 6.10 Å². The number of carboxylic acids is 1. The molecule has 2 N–H and O–H groups in total. The summed E-state index contributed by atoms with van der Waals surface area (Å²) >= 11 is 0. The van der Waals surface area contributed by atoms with Gasteiger partial charge in [-0.1, -0.05) is 11.6 Å². The van der Waals surface area contributed by atoms with Gasteiger partial charge in [-0.15, -0.1) is 0 Å². The highest BCUT2D eigenvalue weighted by Gasteiger charge is 2.25. The Bertz CT molecular complexity index is 640. The molecule has 0 bridgehead atoms.